The van der Waals surface area contributed by atoms with E-state index in [1.807, 2.05) is 13.0 Å². The van der Waals surface area contributed by atoms with Crippen LogP contribution >= 0.6 is 0 Å². The number of aryl methyl sites for hydroxylation is 1. The minimum Gasteiger partial charge on any atom is -0.465 e. The molecule has 0 spiro atoms. The monoisotopic (exact) mass is 248 g/mol. The summed E-state index contributed by atoms with van der Waals surface area (Å²) in [7, 11) is 2.20. The molecule has 2 aliphatic rings. The zero-order valence-corrected chi connectivity index (χ0v) is 11.5. The maximum atomic E-state index is 5.64. The van der Waals surface area contributed by atoms with Crippen LogP contribution < -0.4 is 5.32 Å². The fourth-order valence-corrected chi connectivity index (χ4v) is 3.74. The van der Waals surface area contributed by atoms with Crippen LogP contribution in [0.3, 0.4) is 0 Å². The third-order valence-electron chi connectivity index (χ3n) is 4.61. The Kier molecular flexibility index (Phi) is 3.44. The number of fused-ring (bicyclic) bond motifs is 1. The molecule has 1 aromatic heterocycles. The van der Waals surface area contributed by atoms with Crippen molar-refractivity contribution in [1.29, 1.82) is 0 Å². The molecule has 1 aliphatic carbocycles. The summed E-state index contributed by atoms with van der Waals surface area (Å²) < 4.78 is 5.64. The first-order valence-electron chi connectivity index (χ1n) is 7.19. The maximum Gasteiger partial charge on any atom is 0.118 e. The van der Waals surface area contributed by atoms with Crippen molar-refractivity contribution in [3.8, 4) is 0 Å². The quantitative estimate of drug-likeness (QED) is 0.887. The van der Waals surface area contributed by atoms with Crippen LogP contribution in [0.5, 0.6) is 0 Å². The first-order chi connectivity index (χ1) is 8.72. The van der Waals surface area contributed by atoms with Gasteiger partial charge in [-0.3, -0.25) is 4.90 Å². The molecule has 2 heterocycles. The summed E-state index contributed by atoms with van der Waals surface area (Å²) in [5.74, 6) is 3.96. The highest BCUT2D eigenvalue weighted by atomic mass is 16.3. The lowest BCUT2D eigenvalue weighted by molar-refractivity contribution is 0.242. The van der Waals surface area contributed by atoms with E-state index in [9.17, 15) is 0 Å². The smallest absolute Gasteiger partial charge is 0.118 e. The highest BCUT2D eigenvalue weighted by Gasteiger charge is 2.38. The molecule has 3 rings (SSSR count). The Morgan fingerprint density at radius 2 is 2.28 bits per heavy atom. The lowest BCUT2D eigenvalue weighted by Gasteiger charge is -2.24. The first-order valence-corrected chi connectivity index (χ1v) is 7.19. The highest BCUT2D eigenvalue weighted by molar-refractivity contribution is 5.05. The molecular weight excluding hydrogens is 224 g/mol. The molecule has 2 fully saturated rings. The summed E-state index contributed by atoms with van der Waals surface area (Å²) in [4.78, 5) is 2.39. The molecule has 3 unspecified atom stereocenters. The molecule has 1 aliphatic heterocycles. The first kappa shape index (κ1) is 12.2. The van der Waals surface area contributed by atoms with Crippen molar-refractivity contribution in [3.05, 3.63) is 23.7 Å². The molecule has 0 aromatic carbocycles. The molecule has 0 radical (unpaired) electrons. The number of furan rings is 1. The lowest BCUT2D eigenvalue weighted by Crippen LogP contribution is -2.38. The molecule has 0 bridgehead atoms. The number of nitrogens with one attached hydrogen (secondary N) is 1. The van der Waals surface area contributed by atoms with E-state index in [1.165, 1.54) is 25.8 Å². The number of rotatable bonds is 4. The summed E-state index contributed by atoms with van der Waals surface area (Å²) in [6.07, 6.45) is 4.31. The average molecular weight is 248 g/mol. The van der Waals surface area contributed by atoms with Gasteiger partial charge >= 0.3 is 0 Å². The molecule has 1 N–H and O–H groups in total. The van der Waals surface area contributed by atoms with Gasteiger partial charge in [0.05, 0.1) is 6.54 Å². The van der Waals surface area contributed by atoms with Crippen LogP contribution in [0.1, 0.15) is 30.8 Å². The van der Waals surface area contributed by atoms with Gasteiger partial charge in [-0.1, -0.05) is 6.42 Å². The van der Waals surface area contributed by atoms with Crippen LogP contribution in [0.25, 0.3) is 0 Å². The predicted molar refractivity (Wildman–Crippen MR) is 72.4 cm³/mol. The van der Waals surface area contributed by atoms with E-state index in [4.69, 9.17) is 4.42 Å². The molecule has 3 atom stereocenters. The minimum atomic E-state index is 0.693. The van der Waals surface area contributed by atoms with E-state index in [0.717, 1.165) is 36.4 Å². The Hall–Kier alpha value is -0.800. The molecule has 1 aromatic rings. The molecular formula is C15H24N2O. The largest absolute Gasteiger partial charge is 0.465 e. The van der Waals surface area contributed by atoms with Gasteiger partial charge in [0.25, 0.3) is 0 Å². The van der Waals surface area contributed by atoms with Crippen LogP contribution in [-0.4, -0.2) is 31.1 Å². The molecule has 1 saturated heterocycles. The van der Waals surface area contributed by atoms with Gasteiger partial charge in [-0.25, -0.2) is 0 Å². The Labute approximate surface area is 110 Å². The second-order valence-corrected chi connectivity index (χ2v) is 6.08. The van der Waals surface area contributed by atoms with Crippen molar-refractivity contribution in [2.24, 2.45) is 11.8 Å². The molecule has 3 nitrogen and oxygen atoms in total. The van der Waals surface area contributed by atoms with Crippen molar-refractivity contribution in [3.63, 3.8) is 0 Å². The average Bonchev–Trinajstić information content (AvgIpc) is 2.98. The van der Waals surface area contributed by atoms with Gasteiger partial charge in [-0.05, 0) is 57.3 Å². The molecule has 0 amide bonds. The summed E-state index contributed by atoms with van der Waals surface area (Å²) in [5.41, 5.74) is 0. The number of likely N-dealkylation sites (N-methyl/N-ethyl adjacent to an activating group) is 1. The van der Waals surface area contributed by atoms with E-state index in [1.54, 1.807) is 0 Å². The molecule has 18 heavy (non-hydrogen) atoms. The standard InChI is InChI=1S/C15H24N2O/c1-11-6-7-13(18-11)9-17(2)10-15-14-5-3-4-12(14)8-16-15/h6-7,12,14-16H,3-5,8-10H2,1-2H3. The van der Waals surface area contributed by atoms with Crippen LogP contribution in [0.15, 0.2) is 16.5 Å². The SMILES string of the molecule is Cc1ccc(CN(C)CC2NCC3CCCC32)o1. The van der Waals surface area contributed by atoms with E-state index in [2.05, 4.69) is 23.3 Å². The summed E-state index contributed by atoms with van der Waals surface area (Å²) in [6.45, 7) is 5.30. The van der Waals surface area contributed by atoms with Gasteiger partial charge in [-0.2, -0.15) is 0 Å². The predicted octanol–water partition coefficient (Wildman–Crippen LogP) is 2.41. The van der Waals surface area contributed by atoms with E-state index in [0.29, 0.717) is 6.04 Å². The highest BCUT2D eigenvalue weighted by Crippen LogP contribution is 2.37. The third-order valence-corrected chi connectivity index (χ3v) is 4.61. The Balaban J connectivity index is 1.53. The van der Waals surface area contributed by atoms with Crippen LogP contribution in [0, 0.1) is 18.8 Å². The molecule has 100 valence electrons. The van der Waals surface area contributed by atoms with Crippen molar-refractivity contribution < 1.29 is 4.42 Å². The van der Waals surface area contributed by atoms with E-state index in [-0.39, 0.29) is 0 Å². The van der Waals surface area contributed by atoms with Gasteiger partial charge < -0.3 is 9.73 Å². The van der Waals surface area contributed by atoms with Crippen LogP contribution in [0.4, 0.5) is 0 Å². The number of hydrogen-bond donors (Lipinski definition) is 1. The van der Waals surface area contributed by atoms with Crippen molar-refractivity contribution in [1.82, 2.24) is 10.2 Å². The van der Waals surface area contributed by atoms with Gasteiger partial charge in [0.15, 0.2) is 0 Å². The zero-order chi connectivity index (χ0) is 12.5. The third kappa shape index (κ3) is 2.47. The molecule has 3 heteroatoms. The van der Waals surface area contributed by atoms with E-state index < -0.39 is 0 Å². The fourth-order valence-electron chi connectivity index (χ4n) is 3.74. The second kappa shape index (κ2) is 5.06. The summed E-state index contributed by atoms with van der Waals surface area (Å²) in [5, 5.41) is 3.71. The maximum absolute atomic E-state index is 5.64. The van der Waals surface area contributed by atoms with Crippen molar-refractivity contribution in [2.75, 3.05) is 20.1 Å². The van der Waals surface area contributed by atoms with Gasteiger partial charge in [-0.15, -0.1) is 0 Å². The van der Waals surface area contributed by atoms with Crippen LogP contribution in [0.2, 0.25) is 0 Å². The van der Waals surface area contributed by atoms with Crippen molar-refractivity contribution in [2.45, 2.75) is 38.8 Å². The Morgan fingerprint density at radius 1 is 1.39 bits per heavy atom. The summed E-state index contributed by atoms with van der Waals surface area (Å²) in [6, 6.07) is 4.83. The van der Waals surface area contributed by atoms with Crippen molar-refractivity contribution >= 4 is 0 Å². The number of nitrogens with zero attached hydrogens (tertiary/aromatic N) is 1. The lowest BCUT2D eigenvalue weighted by atomic mass is 9.94. The topological polar surface area (TPSA) is 28.4 Å². The van der Waals surface area contributed by atoms with Gasteiger partial charge in [0.1, 0.15) is 11.5 Å². The van der Waals surface area contributed by atoms with Crippen LogP contribution in [-0.2, 0) is 6.54 Å². The summed E-state index contributed by atoms with van der Waals surface area (Å²) >= 11 is 0. The van der Waals surface area contributed by atoms with Gasteiger partial charge in [0.2, 0.25) is 0 Å². The van der Waals surface area contributed by atoms with Gasteiger partial charge in [0, 0.05) is 12.6 Å². The zero-order valence-electron chi connectivity index (χ0n) is 11.5. The normalized spacial score (nSPS) is 31.2. The van der Waals surface area contributed by atoms with E-state index >= 15 is 0 Å². The molecule has 1 saturated carbocycles. The fraction of sp³-hybridized carbons (Fsp3) is 0.733. The number of hydrogen-bond acceptors (Lipinski definition) is 3. The Morgan fingerprint density at radius 3 is 3.06 bits per heavy atom. The second-order valence-electron chi connectivity index (χ2n) is 6.08. The Bertz CT molecular complexity index is 401. The minimum absolute atomic E-state index is 0.693.